The Hall–Kier alpha value is -0.610. The van der Waals surface area contributed by atoms with E-state index in [9.17, 15) is 0 Å². The normalized spacial score (nSPS) is 12.5. The van der Waals surface area contributed by atoms with E-state index in [1.54, 1.807) is 0 Å². The van der Waals surface area contributed by atoms with E-state index in [0.717, 1.165) is 25.8 Å². The zero-order chi connectivity index (χ0) is 21.8. The van der Waals surface area contributed by atoms with Gasteiger partial charge in [0.15, 0.2) is 0 Å². The van der Waals surface area contributed by atoms with Crippen LogP contribution in [0.2, 0.25) is 0 Å². The van der Waals surface area contributed by atoms with Crippen LogP contribution in [0.25, 0.3) is 0 Å². The summed E-state index contributed by atoms with van der Waals surface area (Å²) in [6.45, 7) is 27.1. The molecule has 0 aromatic carbocycles. The maximum Gasteiger partial charge on any atom is 0.0905 e. The summed E-state index contributed by atoms with van der Waals surface area (Å²) in [4.78, 5) is 0. The second-order valence-corrected chi connectivity index (χ2v) is 11.8. The zero-order valence-corrected chi connectivity index (χ0v) is 20.2. The molecule has 0 aliphatic heterocycles. The molecule has 0 saturated heterocycles. The molecule has 6 N–H and O–H groups in total. The fourth-order valence-electron chi connectivity index (χ4n) is 1.62. The van der Waals surface area contributed by atoms with Gasteiger partial charge in [-0.25, -0.2) is 0 Å². The van der Waals surface area contributed by atoms with Crippen LogP contribution in [-0.2, 0) is 0 Å². The van der Waals surface area contributed by atoms with Crippen LogP contribution in [0.3, 0.4) is 0 Å². The number of amidine groups is 1. The van der Waals surface area contributed by atoms with Crippen molar-refractivity contribution in [3.8, 4) is 0 Å². The van der Waals surface area contributed by atoms with Gasteiger partial charge in [0.05, 0.1) is 5.84 Å². The van der Waals surface area contributed by atoms with E-state index >= 15 is 0 Å². The Kier molecular flexibility index (Phi) is 14.7. The molecule has 0 atom stereocenters. The molecule has 0 unspecified atom stereocenters. The van der Waals surface area contributed by atoms with E-state index in [0.29, 0.717) is 16.7 Å². The van der Waals surface area contributed by atoms with Gasteiger partial charge < -0.3 is 16.8 Å². The summed E-state index contributed by atoms with van der Waals surface area (Å²) in [6, 6.07) is 0. The first-order valence-corrected chi connectivity index (χ1v) is 9.99. The molecule has 0 aromatic rings. The maximum absolute atomic E-state index is 6.98. The van der Waals surface area contributed by atoms with Crippen molar-refractivity contribution in [2.75, 3.05) is 6.54 Å². The number of nitrogens with one attached hydrogen (secondary N) is 2. The predicted molar refractivity (Wildman–Crippen MR) is 121 cm³/mol. The Balaban J connectivity index is -0.000000327. The van der Waals surface area contributed by atoms with E-state index in [1.807, 2.05) is 20.8 Å². The van der Waals surface area contributed by atoms with Gasteiger partial charge in [-0.15, -0.1) is 0 Å². The fraction of sp³-hybridized carbons (Fsp3) is 0.955. The molecule has 4 heteroatoms. The second kappa shape index (κ2) is 12.7. The standard InChI is InChI=1S/C10H23N.C8H18N2.C4H11N/c1-9(2,3)7-8-11-10(4,5)6;1-8(2,3)6-4-5-7(9)10;1-4(2,3)5/h11H,7-8H2,1-6H3;4-6H2,1-3H3,(H3,9,10);5H2,1-3H3. The van der Waals surface area contributed by atoms with Crippen LogP contribution >= 0.6 is 0 Å². The first kappa shape index (κ1) is 30.1. The van der Waals surface area contributed by atoms with Crippen molar-refractivity contribution in [1.29, 1.82) is 5.41 Å². The summed E-state index contributed by atoms with van der Waals surface area (Å²) < 4.78 is 0. The van der Waals surface area contributed by atoms with Gasteiger partial charge in [-0.1, -0.05) is 41.5 Å². The first-order valence-electron chi connectivity index (χ1n) is 9.99. The molecule has 4 nitrogen and oxygen atoms in total. The van der Waals surface area contributed by atoms with Crippen molar-refractivity contribution in [3.63, 3.8) is 0 Å². The number of nitrogens with two attached hydrogens (primary N) is 2. The van der Waals surface area contributed by atoms with Gasteiger partial charge in [-0.2, -0.15) is 0 Å². The molecular weight excluding hydrogens is 320 g/mol. The third-order valence-electron chi connectivity index (χ3n) is 2.90. The maximum atomic E-state index is 6.98. The number of rotatable bonds is 5. The highest BCUT2D eigenvalue weighted by molar-refractivity contribution is 5.76. The van der Waals surface area contributed by atoms with E-state index in [4.69, 9.17) is 16.9 Å². The lowest BCUT2D eigenvalue weighted by atomic mass is 9.90. The van der Waals surface area contributed by atoms with Crippen LogP contribution in [0.4, 0.5) is 0 Å². The van der Waals surface area contributed by atoms with E-state index in [-0.39, 0.29) is 11.1 Å². The van der Waals surface area contributed by atoms with Crippen LogP contribution in [-0.4, -0.2) is 23.5 Å². The van der Waals surface area contributed by atoms with Crippen LogP contribution in [0.15, 0.2) is 0 Å². The lowest BCUT2D eigenvalue weighted by Crippen LogP contribution is -2.37. The lowest BCUT2D eigenvalue weighted by Gasteiger charge is -2.24. The summed E-state index contributed by atoms with van der Waals surface area (Å²) in [6.07, 6.45) is 4.17. The molecule has 0 spiro atoms. The third kappa shape index (κ3) is 56.6. The highest BCUT2D eigenvalue weighted by Crippen LogP contribution is 2.21. The molecule has 0 bridgehead atoms. The molecule has 160 valence electrons. The van der Waals surface area contributed by atoms with Gasteiger partial charge in [0.25, 0.3) is 0 Å². The molecule has 0 rings (SSSR count). The highest BCUT2D eigenvalue weighted by Gasteiger charge is 2.13. The monoisotopic (exact) mass is 372 g/mol. The van der Waals surface area contributed by atoms with Gasteiger partial charge in [0.1, 0.15) is 0 Å². The second-order valence-electron chi connectivity index (χ2n) is 11.8. The fourth-order valence-corrected chi connectivity index (χ4v) is 1.62. The van der Waals surface area contributed by atoms with Crippen LogP contribution in [0, 0.1) is 16.2 Å². The Labute approximate surface area is 165 Å². The minimum absolute atomic E-state index is 0. The van der Waals surface area contributed by atoms with Crippen molar-refractivity contribution in [2.24, 2.45) is 22.3 Å². The smallest absolute Gasteiger partial charge is 0.0905 e. The molecule has 0 saturated carbocycles. The van der Waals surface area contributed by atoms with Crippen LogP contribution in [0.5, 0.6) is 0 Å². The first-order chi connectivity index (χ1) is 11.1. The minimum Gasteiger partial charge on any atom is -0.388 e. The zero-order valence-electron chi connectivity index (χ0n) is 20.2. The van der Waals surface area contributed by atoms with Crippen molar-refractivity contribution >= 4 is 5.84 Å². The van der Waals surface area contributed by atoms with Crippen molar-refractivity contribution in [2.45, 2.75) is 120 Å². The molecule has 0 aliphatic rings. The lowest BCUT2D eigenvalue weighted by molar-refractivity contribution is 0.331. The minimum atomic E-state index is 0. The van der Waals surface area contributed by atoms with Crippen LogP contribution < -0.4 is 16.8 Å². The topological polar surface area (TPSA) is 87.9 Å². The molecule has 0 fully saturated rings. The quantitative estimate of drug-likeness (QED) is 0.369. The number of hydrogen-bond donors (Lipinski definition) is 4. The molecule has 0 aromatic heterocycles. The van der Waals surface area contributed by atoms with Gasteiger partial charge in [-0.05, 0) is 78.2 Å². The highest BCUT2D eigenvalue weighted by atomic mass is 14.9. The van der Waals surface area contributed by atoms with E-state index in [2.05, 4.69) is 67.6 Å². The van der Waals surface area contributed by atoms with E-state index < -0.39 is 0 Å². The predicted octanol–water partition coefficient (Wildman–Crippen LogP) is 5.69. The largest absolute Gasteiger partial charge is 0.388 e. The summed E-state index contributed by atoms with van der Waals surface area (Å²) in [7, 11) is 0. The molecule has 0 aliphatic carbocycles. The van der Waals surface area contributed by atoms with Gasteiger partial charge in [0.2, 0.25) is 0 Å². The average Bonchev–Trinajstić information content (AvgIpc) is 2.20. The Morgan fingerprint density at radius 3 is 1.35 bits per heavy atom. The molecule has 0 heterocycles. The third-order valence-corrected chi connectivity index (χ3v) is 2.90. The molecule has 0 radical (unpaired) electrons. The SMILES string of the molecule is CC(C)(C)CCCC(=N)N.CC(C)(C)CCNC(C)(C)C.CC(C)(C)N. The van der Waals surface area contributed by atoms with Gasteiger partial charge in [0, 0.05) is 17.5 Å². The summed E-state index contributed by atoms with van der Waals surface area (Å²) in [5.74, 6) is 0.309. The van der Waals surface area contributed by atoms with E-state index in [1.165, 1.54) is 6.42 Å². The van der Waals surface area contributed by atoms with Crippen LogP contribution in [0.1, 0.15) is 109 Å². The summed E-state index contributed by atoms with van der Waals surface area (Å²) >= 11 is 0. The van der Waals surface area contributed by atoms with Crippen molar-refractivity contribution in [1.82, 2.24) is 5.32 Å². The van der Waals surface area contributed by atoms with Crippen molar-refractivity contribution < 1.29 is 0 Å². The van der Waals surface area contributed by atoms with Gasteiger partial charge >= 0.3 is 0 Å². The molecular formula is C22H52N4. The average molecular weight is 373 g/mol. The Morgan fingerprint density at radius 1 is 0.769 bits per heavy atom. The molecule has 26 heavy (non-hydrogen) atoms. The summed E-state index contributed by atoms with van der Waals surface area (Å²) in [5.41, 5.74) is 11.7. The summed E-state index contributed by atoms with van der Waals surface area (Å²) in [5, 5.41) is 10.5. The number of hydrogen-bond acceptors (Lipinski definition) is 3. The molecule has 0 amide bonds. The van der Waals surface area contributed by atoms with Crippen molar-refractivity contribution in [3.05, 3.63) is 0 Å². The van der Waals surface area contributed by atoms with Gasteiger partial charge in [-0.3, -0.25) is 5.41 Å². The Bertz CT molecular complexity index is 326. The Morgan fingerprint density at radius 2 is 1.12 bits per heavy atom.